The standard InChI is InChI=1S/C10H10BrNO2.ClH/c11-6-1-2-9-7(5-6)10(13)8(12)3-4-14-9;/h1-2,5,8H,3-4,12H2;1H. The van der Waals surface area contributed by atoms with Crippen molar-refractivity contribution < 1.29 is 9.53 Å². The van der Waals surface area contributed by atoms with Gasteiger partial charge in [0.05, 0.1) is 18.2 Å². The summed E-state index contributed by atoms with van der Waals surface area (Å²) in [6, 6.07) is 4.95. The van der Waals surface area contributed by atoms with Crippen LogP contribution in [0, 0.1) is 0 Å². The van der Waals surface area contributed by atoms with Gasteiger partial charge in [-0.25, -0.2) is 0 Å². The third-order valence-corrected chi connectivity index (χ3v) is 2.72. The molecule has 0 aromatic heterocycles. The van der Waals surface area contributed by atoms with E-state index in [9.17, 15) is 4.79 Å². The first-order chi connectivity index (χ1) is 6.68. The molecule has 1 aliphatic heterocycles. The van der Waals surface area contributed by atoms with Crippen molar-refractivity contribution in [3.05, 3.63) is 28.2 Å². The van der Waals surface area contributed by atoms with Gasteiger partial charge in [0.1, 0.15) is 5.75 Å². The molecule has 0 saturated heterocycles. The summed E-state index contributed by atoms with van der Waals surface area (Å²) in [5.74, 6) is 0.588. The quantitative estimate of drug-likeness (QED) is 0.797. The van der Waals surface area contributed by atoms with Crippen molar-refractivity contribution in [1.82, 2.24) is 0 Å². The summed E-state index contributed by atoms with van der Waals surface area (Å²) in [7, 11) is 0. The van der Waals surface area contributed by atoms with Crippen LogP contribution >= 0.6 is 28.3 Å². The Labute approximate surface area is 103 Å². The zero-order chi connectivity index (χ0) is 10.1. The highest BCUT2D eigenvalue weighted by Gasteiger charge is 2.23. The van der Waals surface area contributed by atoms with E-state index in [-0.39, 0.29) is 18.2 Å². The molecule has 0 aliphatic carbocycles. The number of nitrogens with two attached hydrogens (primary N) is 1. The normalized spacial score (nSPS) is 19.6. The van der Waals surface area contributed by atoms with Gasteiger partial charge in [-0.15, -0.1) is 12.4 Å². The SMILES string of the molecule is Cl.NC1CCOc2ccc(Br)cc2C1=O. The van der Waals surface area contributed by atoms with Crippen LogP contribution in [0.2, 0.25) is 0 Å². The van der Waals surface area contributed by atoms with Gasteiger partial charge in [-0.05, 0) is 18.2 Å². The highest BCUT2D eigenvalue weighted by molar-refractivity contribution is 9.10. The Bertz CT molecular complexity index is 384. The third-order valence-electron chi connectivity index (χ3n) is 2.23. The van der Waals surface area contributed by atoms with E-state index in [1.54, 1.807) is 12.1 Å². The Morgan fingerprint density at radius 3 is 2.93 bits per heavy atom. The Balaban J connectivity index is 0.00000112. The molecule has 1 aromatic rings. The van der Waals surface area contributed by atoms with Crippen molar-refractivity contribution in [3.63, 3.8) is 0 Å². The summed E-state index contributed by atoms with van der Waals surface area (Å²) in [5.41, 5.74) is 6.27. The van der Waals surface area contributed by atoms with Gasteiger partial charge < -0.3 is 10.5 Å². The van der Waals surface area contributed by atoms with Crippen LogP contribution in [0.15, 0.2) is 22.7 Å². The zero-order valence-corrected chi connectivity index (χ0v) is 10.3. The molecule has 0 amide bonds. The number of benzene rings is 1. The van der Waals surface area contributed by atoms with Crippen LogP contribution in [0.25, 0.3) is 0 Å². The van der Waals surface area contributed by atoms with Crippen LogP contribution in [0.1, 0.15) is 16.8 Å². The molecule has 0 bridgehead atoms. The predicted molar refractivity (Wildman–Crippen MR) is 63.8 cm³/mol. The average molecular weight is 293 g/mol. The molecule has 3 nitrogen and oxygen atoms in total. The number of halogens is 2. The van der Waals surface area contributed by atoms with Crippen molar-refractivity contribution in [2.24, 2.45) is 5.73 Å². The fourth-order valence-corrected chi connectivity index (χ4v) is 1.81. The van der Waals surface area contributed by atoms with Crippen LogP contribution in [0.5, 0.6) is 5.75 Å². The molecular weight excluding hydrogens is 281 g/mol. The lowest BCUT2D eigenvalue weighted by Gasteiger charge is -2.06. The maximum Gasteiger partial charge on any atom is 0.183 e. The fraction of sp³-hybridized carbons (Fsp3) is 0.300. The lowest BCUT2D eigenvalue weighted by atomic mass is 10.0. The minimum absolute atomic E-state index is 0. The molecule has 1 aromatic carbocycles. The highest BCUT2D eigenvalue weighted by atomic mass is 79.9. The number of hydrogen-bond donors (Lipinski definition) is 1. The molecule has 0 saturated carbocycles. The number of Topliss-reactive ketones (excluding diaryl/α,β-unsaturated/α-hetero) is 1. The van der Waals surface area contributed by atoms with E-state index in [1.807, 2.05) is 6.07 Å². The first-order valence-electron chi connectivity index (χ1n) is 4.40. The lowest BCUT2D eigenvalue weighted by Crippen LogP contribution is -2.30. The first-order valence-corrected chi connectivity index (χ1v) is 5.20. The number of rotatable bonds is 0. The van der Waals surface area contributed by atoms with Crippen LogP contribution in [-0.4, -0.2) is 18.4 Å². The largest absolute Gasteiger partial charge is 0.493 e. The van der Waals surface area contributed by atoms with Gasteiger partial charge in [0, 0.05) is 10.9 Å². The molecule has 0 spiro atoms. The summed E-state index contributed by atoms with van der Waals surface area (Å²) in [4.78, 5) is 11.8. The minimum Gasteiger partial charge on any atom is -0.493 e. The lowest BCUT2D eigenvalue weighted by molar-refractivity contribution is 0.0960. The van der Waals surface area contributed by atoms with Gasteiger partial charge in [0.25, 0.3) is 0 Å². The fourth-order valence-electron chi connectivity index (χ4n) is 1.45. The predicted octanol–water partition coefficient (Wildman–Crippen LogP) is 2.16. The van der Waals surface area contributed by atoms with Gasteiger partial charge in [-0.3, -0.25) is 4.79 Å². The number of fused-ring (bicyclic) bond motifs is 1. The van der Waals surface area contributed by atoms with Gasteiger partial charge in [-0.2, -0.15) is 0 Å². The second-order valence-corrected chi connectivity index (χ2v) is 4.16. The monoisotopic (exact) mass is 291 g/mol. The smallest absolute Gasteiger partial charge is 0.183 e. The molecule has 0 fully saturated rings. The Morgan fingerprint density at radius 2 is 2.20 bits per heavy atom. The number of hydrogen-bond acceptors (Lipinski definition) is 3. The van der Waals surface area contributed by atoms with E-state index < -0.39 is 6.04 Å². The van der Waals surface area contributed by atoms with Crippen LogP contribution in [0.3, 0.4) is 0 Å². The van der Waals surface area contributed by atoms with Gasteiger partial charge in [-0.1, -0.05) is 15.9 Å². The van der Waals surface area contributed by atoms with E-state index in [4.69, 9.17) is 10.5 Å². The van der Waals surface area contributed by atoms with Crippen molar-refractivity contribution in [1.29, 1.82) is 0 Å². The zero-order valence-electron chi connectivity index (χ0n) is 7.90. The Hall–Kier alpha value is -0.580. The minimum atomic E-state index is -0.439. The van der Waals surface area contributed by atoms with Crippen LogP contribution in [-0.2, 0) is 0 Å². The first kappa shape index (κ1) is 12.5. The third kappa shape index (κ3) is 2.51. The van der Waals surface area contributed by atoms with Crippen molar-refractivity contribution in [3.8, 4) is 5.75 Å². The average Bonchev–Trinajstić information content (AvgIpc) is 2.30. The Morgan fingerprint density at radius 1 is 1.47 bits per heavy atom. The van der Waals surface area contributed by atoms with Crippen LogP contribution in [0.4, 0.5) is 0 Å². The van der Waals surface area contributed by atoms with E-state index in [2.05, 4.69) is 15.9 Å². The van der Waals surface area contributed by atoms with Crippen molar-refractivity contribution in [2.45, 2.75) is 12.5 Å². The molecule has 2 N–H and O–H groups in total. The van der Waals surface area contributed by atoms with E-state index >= 15 is 0 Å². The molecule has 0 radical (unpaired) electrons. The van der Waals surface area contributed by atoms with Gasteiger partial charge >= 0.3 is 0 Å². The summed E-state index contributed by atoms with van der Waals surface area (Å²) < 4.78 is 6.29. The van der Waals surface area contributed by atoms with Gasteiger partial charge in [0.15, 0.2) is 5.78 Å². The Kier molecular flexibility index (Phi) is 4.13. The van der Waals surface area contributed by atoms with Crippen molar-refractivity contribution >= 4 is 34.1 Å². The summed E-state index contributed by atoms with van der Waals surface area (Å²) >= 11 is 3.31. The molecule has 2 rings (SSSR count). The number of ether oxygens (including phenoxy) is 1. The van der Waals surface area contributed by atoms with Gasteiger partial charge in [0.2, 0.25) is 0 Å². The van der Waals surface area contributed by atoms with E-state index in [1.165, 1.54) is 0 Å². The van der Waals surface area contributed by atoms with Crippen LogP contribution < -0.4 is 10.5 Å². The molecule has 82 valence electrons. The second-order valence-electron chi connectivity index (χ2n) is 3.25. The highest BCUT2D eigenvalue weighted by Crippen LogP contribution is 2.26. The maximum absolute atomic E-state index is 11.8. The maximum atomic E-state index is 11.8. The molecule has 5 heteroatoms. The topological polar surface area (TPSA) is 52.3 Å². The molecule has 1 atom stereocenters. The number of carbonyl (C=O) groups is 1. The number of ketones is 1. The van der Waals surface area contributed by atoms with E-state index in [0.29, 0.717) is 24.3 Å². The molecular formula is C10H11BrClNO2. The van der Waals surface area contributed by atoms with E-state index in [0.717, 1.165) is 4.47 Å². The molecule has 15 heavy (non-hydrogen) atoms. The second kappa shape index (κ2) is 4.96. The summed E-state index contributed by atoms with van der Waals surface area (Å²) in [6.07, 6.45) is 0.575. The molecule has 1 aliphatic rings. The molecule has 1 heterocycles. The van der Waals surface area contributed by atoms with Crippen molar-refractivity contribution in [2.75, 3.05) is 6.61 Å². The summed E-state index contributed by atoms with van der Waals surface area (Å²) in [5, 5.41) is 0. The molecule has 1 unspecified atom stereocenters. The summed E-state index contributed by atoms with van der Waals surface area (Å²) in [6.45, 7) is 0.502. The number of carbonyl (C=O) groups excluding carboxylic acids is 1.